The van der Waals surface area contributed by atoms with E-state index in [-0.39, 0.29) is 23.3 Å². The van der Waals surface area contributed by atoms with Crippen molar-refractivity contribution >= 4 is 46.6 Å². The van der Waals surface area contributed by atoms with E-state index in [4.69, 9.17) is 11.6 Å². The first-order valence-electron chi connectivity index (χ1n) is 9.38. The van der Waals surface area contributed by atoms with Crippen LogP contribution in [0.2, 0.25) is 5.02 Å². The summed E-state index contributed by atoms with van der Waals surface area (Å²) in [7, 11) is 1.74. The van der Waals surface area contributed by atoms with E-state index in [2.05, 4.69) is 20.8 Å². The standard InChI is InChI=1S/C20H19ClN6O4S/c1-12(22-19(29)15-5-3-4-6-16(15)21)18-24-25-20(26(18)2)32-11-17(28)23-13-7-9-14(10-8-13)27(30)31/h3-10,12H,11H2,1-2H3,(H,22,29)(H,23,28)/t12-/m0/s1. The summed E-state index contributed by atoms with van der Waals surface area (Å²) in [5, 5.41) is 25.3. The average molecular weight is 475 g/mol. The molecule has 166 valence electrons. The SMILES string of the molecule is C[C@H](NC(=O)c1ccccc1Cl)c1nnc(SCC(=O)Nc2ccc([N+](=O)[O-])cc2)n1C. The van der Waals surface area contributed by atoms with Crippen LogP contribution >= 0.6 is 23.4 Å². The van der Waals surface area contributed by atoms with Crippen molar-refractivity contribution in [3.05, 3.63) is 75.1 Å². The van der Waals surface area contributed by atoms with Gasteiger partial charge in [0.05, 0.1) is 27.3 Å². The largest absolute Gasteiger partial charge is 0.342 e. The number of hydrogen-bond donors (Lipinski definition) is 2. The molecule has 2 N–H and O–H groups in total. The molecule has 12 heteroatoms. The Morgan fingerprint density at radius 2 is 1.88 bits per heavy atom. The lowest BCUT2D eigenvalue weighted by Crippen LogP contribution is -2.28. The maximum Gasteiger partial charge on any atom is 0.269 e. The minimum Gasteiger partial charge on any atom is -0.342 e. The first-order chi connectivity index (χ1) is 15.3. The van der Waals surface area contributed by atoms with Crippen molar-refractivity contribution in [3.63, 3.8) is 0 Å². The van der Waals surface area contributed by atoms with Crippen LogP contribution in [0.4, 0.5) is 11.4 Å². The van der Waals surface area contributed by atoms with E-state index in [1.165, 1.54) is 36.0 Å². The zero-order valence-electron chi connectivity index (χ0n) is 17.1. The molecule has 32 heavy (non-hydrogen) atoms. The van der Waals surface area contributed by atoms with Crippen LogP contribution in [-0.2, 0) is 11.8 Å². The first-order valence-corrected chi connectivity index (χ1v) is 10.7. The number of nitro benzene ring substituents is 1. The van der Waals surface area contributed by atoms with Gasteiger partial charge in [-0.15, -0.1) is 10.2 Å². The number of rotatable bonds is 8. The van der Waals surface area contributed by atoms with E-state index in [0.29, 0.717) is 27.3 Å². The number of thioether (sulfide) groups is 1. The Labute approximate surface area is 192 Å². The molecule has 0 unspecified atom stereocenters. The Kier molecular flexibility index (Phi) is 7.44. The van der Waals surface area contributed by atoms with Crippen LogP contribution in [-0.4, -0.2) is 37.3 Å². The highest BCUT2D eigenvalue weighted by molar-refractivity contribution is 7.99. The number of carbonyl (C=O) groups excluding carboxylic acids is 2. The number of carbonyl (C=O) groups is 2. The minimum atomic E-state index is -0.509. The number of anilines is 1. The molecule has 2 aromatic carbocycles. The van der Waals surface area contributed by atoms with Gasteiger partial charge in [0.15, 0.2) is 11.0 Å². The van der Waals surface area contributed by atoms with Crippen LogP contribution < -0.4 is 10.6 Å². The van der Waals surface area contributed by atoms with Gasteiger partial charge in [0.25, 0.3) is 11.6 Å². The summed E-state index contributed by atoms with van der Waals surface area (Å²) in [6, 6.07) is 11.9. The number of aromatic nitrogens is 3. The van der Waals surface area contributed by atoms with Gasteiger partial charge in [0.1, 0.15) is 0 Å². The number of amides is 2. The van der Waals surface area contributed by atoms with E-state index in [9.17, 15) is 19.7 Å². The second-order valence-electron chi connectivity index (χ2n) is 6.72. The first kappa shape index (κ1) is 23.2. The van der Waals surface area contributed by atoms with Crippen molar-refractivity contribution in [1.82, 2.24) is 20.1 Å². The van der Waals surface area contributed by atoms with Gasteiger partial charge in [0.2, 0.25) is 5.91 Å². The maximum atomic E-state index is 12.5. The molecule has 0 saturated carbocycles. The van der Waals surface area contributed by atoms with Crippen molar-refractivity contribution in [2.45, 2.75) is 18.1 Å². The summed E-state index contributed by atoms with van der Waals surface area (Å²) >= 11 is 7.24. The molecule has 0 aliphatic carbocycles. The van der Waals surface area contributed by atoms with E-state index in [1.54, 1.807) is 42.8 Å². The summed E-state index contributed by atoms with van der Waals surface area (Å²) in [6.45, 7) is 1.77. The Bertz CT molecular complexity index is 1150. The maximum absolute atomic E-state index is 12.5. The summed E-state index contributed by atoms with van der Waals surface area (Å²) in [5.74, 6) is -0.0523. The monoisotopic (exact) mass is 474 g/mol. The summed E-state index contributed by atoms with van der Waals surface area (Å²) in [6.07, 6.45) is 0. The number of nitrogens with zero attached hydrogens (tertiary/aromatic N) is 4. The number of hydrogen-bond acceptors (Lipinski definition) is 7. The fraction of sp³-hybridized carbons (Fsp3) is 0.200. The molecule has 0 radical (unpaired) electrons. The highest BCUT2D eigenvalue weighted by Crippen LogP contribution is 2.21. The smallest absolute Gasteiger partial charge is 0.269 e. The zero-order valence-corrected chi connectivity index (χ0v) is 18.7. The lowest BCUT2D eigenvalue weighted by atomic mass is 10.2. The van der Waals surface area contributed by atoms with E-state index < -0.39 is 11.0 Å². The Morgan fingerprint density at radius 1 is 1.19 bits per heavy atom. The molecule has 1 aromatic heterocycles. The fourth-order valence-corrected chi connectivity index (χ4v) is 3.75. The number of benzene rings is 2. The molecule has 0 saturated heterocycles. The van der Waals surface area contributed by atoms with Gasteiger partial charge in [0, 0.05) is 24.9 Å². The van der Waals surface area contributed by atoms with Gasteiger partial charge in [-0.25, -0.2) is 0 Å². The van der Waals surface area contributed by atoms with E-state index >= 15 is 0 Å². The molecule has 0 spiro atoms. The molecule has 1 heterocycles. The lowest BCUT2D eigenvalue weighted by Gasteiger charge is -2.14. The lowest BCUT2D eigenvalue weighted by molar-refractivity contribution is -0.384. The third kappa shape index (κ3) is 5.62. The van der Waals surface area contributed by atoms with E-state index in [1.807, 2.05) is 0 Å². The molecule has 0 aliphatic heterocycles. The fourth-order valence-electron chi connectivity index (χ4n) is 2.81. The molecular weight excluding hydrogens is 456 g/mol. The van der Waals surface area contributed by atoms with Gasteiger partial charge in [-0.1, -0.05) is 35.5 Å². The third-order valence-electron chi connectivity index (χ3n) is 4.42. The highest BCUT2D eigenvalue weighted by atomic mass is 35.5. The second-order valence-corrected chi connectivity index (χ2v) is 8.07. The topological polar surface area (TPSA) is 132 Å². The van der Waals surface area contributed by atoms with Gasteiger partial charge < -0.3 is 15.2 Å². The van der Waals surface area contributed by atoms with Crippen LogP contribution in [0.15, 0.2) is 53.7 Å². The van der Waals surface area contributed by atoms with Crippen molar-refractivity contribution in [3.8, 4) is 0 Å². The predicted octanol–water partition coefficient (Wildman–Crippen LogP) is 3.60. The molecule has 10 nitrogen and oxygen atoms in total. The summed E-state index contributed by atoms with van der Waals surface area (Å²) in [5.41, 5.74) is 0.760. The third-order valence-corrected chi connectivity index (χ3v) is 5.77. The Hall–Kier alpha value is -3.44. The molecule has 0 bridgehead atoms. The molecule has 0 aliphatic rings. The molecule has 2 amide bonds. The normalized spacial score (nSPS) is 11.6. The molecule has 3 rings (SSSR count). The van der Waals surface area contributed by atoms with Gasteiger partial charge in [-0.05, 0) is 31.2 Å². The van der Waals surface area contributed by atoms with Crippen LogP contribution in [0.3, 0.4) is 0 Å². The summed E-state index contributed by atoms with van der Waals surface area (Å²) < 4.78 is 1.70. The van der Waals surface area contributed by atoms with Crippen molar-refractivity contribution < 1.29 is 14.5 Å². The van der Waals surface area contributed by atoms with Crippen LogP contribution in [0, 0.1) is 10.1 Å². The molecule has 1 atom stereocenters. The van der Waals surface area contributed by atoms with Gasteiger partial charge in [-0.3, -0.25) is 19.7 Å². The highest BCUT2D eigenvalue weighted by Gasteiger charge is 2.20. The zero-order chi connectivity index (χ0) is 23.3. The average Bonchev–Trinajstić information content (AvgIpc) is 3.13. The quantitative estimate of drug-likeness (QED) is 0.289. The number of halogens is 1. The van der Waals surface area contributed by atoms with Gasteiger partial charge >= 0.3 is 0 Å². The number of nitro groups is 1. The van der Waals surface area contributed by atoms with E-state index in [0.717, 1.165) is 0 Å². The van der Waals surface area contributed by atoms with Crippen LogP contribution in [0.5, 0.6) is 0 Å². The van der Waals surface area contributed by atoms with Crippen LogP contribution in [0.25, 0.3) is 0 Å². The van der Waals surface area contributed by atoms with Crippen molar-refractivity contribution in [2.24, 2.45) is 7.05 Å². The Balaban J connectivity index is 1.57. The molecule has 0 fully saturated rings. The van der Waals surface area contributed by atoms with Crippen molar-refractivity contribution in [1.29, 1.82) is 0 Å². The molecule has 3 aromatic rings. The van der Waals surface area contributed by atoms with Crippen molar-refractivity contribution in [2.75, 3.05) is 11.1 Å². The molecular formula is C20H19ClN6O4S. The summed E-state index contributed by atoms with van der Waals surface area (Å²) in [4.78, 5) is 34.8. The second kappa shape index (κ2) is 10.2. The predicted molar refractivity (Wildman–Crippen MR) is 121 cm³/mol. The minimum absolute atomic E-state index is 0.0558. The Morgan fingerprint density at radius 3 is 2.53 bits per heavy atom. The van der Waals surface area contributed by atoms with Crippen LogP contribution in [0.1, 0.15) is 29.1 Å². The number of nitrogens with one attached hydrogen (secondary N) is 2. The van der Waals surface area contributed by atoms with Gasteiger partial charge in [-0.2, -0.15) is 0 Å². The number of non-ortho nitro benzene ring substituents is 1.